The molecule has 1 amide bonds. The maximum absolute atomic E-state index is 12.0. The molecule has 1 saturated heterocycles. The largest absolute Gasteiger partial charge is 0.366 e. The Balaban J connectivity index is 1.93. The van der Waals surface area contributed by atoms with Crippen molar-refractivity contribution in [3.05, 3.63) is 34.9 Å². The lowest BCUT2D eigenvalue weighted by atomic mass is 9.84. The molecule has 1 aromatic carbocycles. The van der Waals surface area contributed by atoms with Crippen LogP contribution in [0.4, 0.5) is 0 Å². The van der Waals surface area contributed by atoms with Gasteiger partial charge in [0.25, 0.3) is 0 Å². The Bertz CT molecular complexity index is 471. The first kappa shape index (κ1) is 15.3. The normalized spacial score (nSPS) is 19.6. The molecule has 0 aromatic heterocycles. The van der Waals surface area contributed by atoms with Gasteiger partial charge in [-0.25, -0.2) is 0 Å². The van der Waals surface area contributed by atoms with E-state index in [9.17, 15) is 4.79 Å². The van der Waals surface area contributed by atoms with Crippen LogP contribution in [0, 0.1) is 0 Å². The van der Waals surface area contributed by atoms with E-state index in [1.165, 1.54) is 0 Å². The molecule has 0 saturated carbocycles. The van der Waals surface area contributed by atoms with Crippen molar-refractivity contribution in [1.29, 1.82) is 0 Å². The molecule has 1 atom stereocenters. The molecule has 0 aliphatic carbocycles. The Morgan fingerprint density at radius 2 is 2.35 bits per heavy atom. The van der Waals surface area contributed by atoms with Gasteiger partial charge in [-0.15, -0.1) is 0 Å². The fourth-order valence-corrected chi connectivity index (χ4v) is 2.36. The lowest BCUT2D eigenvalue weighted by molar-refractivity contribution is -0.134. The molecular weight excluding hydrogens is 276 g/mol. The second-order valence-corrected chi connectivity index (χ2v) is 6.11. The number of ether oxygens (including phenoxy) is 1. The quantitative estimate of drug-likeness (QED) is 0.889. The number of carbonyl (C=O) groups is 1. The van der Waals surface area contributed by atoms with Crippen LogP contribution in [0.3, 0.4) is 0 Å². The van der Waals surface area contributed by atoms with E-state index in [2.05, 4.69) is 24.5 Å². The average Bonchev–Trinajstić information content (AvgIpc) is 2.46. The van der Waals surface area contributed by atoms with Crippen LogP contribution in [0.25, 0.3) is 0 Å². The van der Waals surface area contributed by atoms with E-state index >= 15 is 0 Å². The molecule has 1 aliphatic heterocycles. The third-order valence-electron chi connectivity index (χ3n) is 3.53. The number of halogens is 1. The monoisotopic (exact) mass is 296 g/mol. The van der Waals surface area contributed by atoms with Gasteiger partial charge in [0.1, 0.15) is 6.10 Å². The molecule has 2 rings (SSSR count). The summed E-state index contributed by atoms with van der Waals surface area (Å²) in [4.78, 5) is 12.0. The summed E-state index contributed by atoms with van der Waals surface area (Å²) in [5.41, 5.74) is 0.927. The van der Waals surface area contributed by atoms with E-state index in [0.717, 1.165) is 12.1 Å². The molecule has 110 valence electrons. The van der Waals surface area contributed by atoms with Gasteiger partial charge in [-0.05, 0) is 17.7 Å². The molecule has 5 heteroatoms. The fourth-order valence-electron chi connectivity index (χ4n) is 2.17. The highest BCUT2D eigenvalue weighted by molar-refractivity contribution is 6.30. The molecular formula is C15H21ClN2O2. The Morgan fingerprint density at radius 1 is 1.55 bits per heavy atom. The number of morpholine rings is 1. The zero-order valence-electron chi connectivity index (χ0n) is 11.9. The molecule has 1 unspecified atom stereocenters. The topological polar surface area (TPSA) is 50.4 Å². The Hall–Kier alpha value is -1.10. The summed E-state index contributed by atoms with van der Waals surface area (Å²) in [7, 11) is 0. The van der Waals surface area contributed by atoms with Crippen molar-refractivity contribution >= 4 is 17.5 Å². The second-order valence-electron chi connectivity index (χ2n) is 5.68. The smallest absolute Gasteiger partial charge is 0.250 e. The van der Waals surface area contributed by atoms with Crippen molar-refractivity contribution in [2.24, 2.45) is 0 Å². The summed E-state index contributed by atoms with van der Waals surface area (Å²) < 4.78 is 5.43. The van der Waals surface area contributed by atoms with Crippen molar-refractivity contribution in [2.75, 3.05) is 26.2 Å². The maximum atomic E-state index is 12.0. The summed E-state index contributed by atoms with van der Waals surface area (Å²) >= 11 is 6.02. The molecule has 1 aliphatic rings. The van der Waals surface area contributed by atoms with E-state index in [1.807, 2.05) is 24.3 Å². The molecule has 0 spiro atoms. The molecule has 20 heavy (non-hydrogen) atoms. The maximum Gasteiger partial charge on any atom is 0.250 e. The predicted octanol–water partition coefficient (Wildman–Crippen LogP) is 1.72. The first-order chi connectivity index (χ1) is 9.49. The lowest BCUT2D eigenvalue weighted by Gasteiger charge is -2.28. The third kappa shape index (κ3) is 3.95. The van der Waals surface area contributed by atoms with Gasteiger partial charge < -0.3 is 15.4 Å². The summed E-state index contributed by atoms with van der Waals surface area (Å²) in [5, 5.41) is 6.82. The molecule has 0 radical (unpaired) electrons. The highest BCUT2D eigenvalue weighted by Gasteiger charge is 2.26. The fraction of sp³-hybridized carbons (Fsp3) is 0.533. The van der Waals surface area contributed by atoms with Crippen LogP contribution in [-0.2, 0) is 14.9 Å². The van der Waals surface area contributed by atoms with Gasteiger partial charge in [0.15, 0.2) is 0 Å². The Morgan fingerprint density at radius 3 is 3.00 bits per heavy atom. The molecule has 0 bridgehead atoms. The summed E-state index contributed by atoms with van der Waals surface area (Å²) in [5.74, 6) is -0.0627. The number of nitrogens with one attached hydrogen (secondary N) is 2. The van der Waals surface area contributed by atoms with Gasteiger partial charge >= 0.3 is 0 Å². The summed E-state index contributed by atoms with van der Waals surface area (Å²) in [6.07, 6.45) is -0.390. The highest BCUT2D eigenvalue weighted by atomic mass is 35.5. The minimum Gasteiger partial charge on any atom is -0.366 e. The number of carbonyl (C=O) groups excluding carboxylic acids is 1. The molecule has 2 N–H and O–H groups in total. The van der Waals surface area contributed by atoms with E-state index in [4.69, 9.17) is 16.3 Å². The number of rotatable bonds is 4. The van der Waals surface area contributed by atoms with Crippen LogP contribution >= 0.6 is 11.6 Å². The predicted molar refractivity (Wildman–Crippen MR) is 80.1 cm³/mol. The Kier molecular flexibility index (Phi) is 5.02. The van der Waals surface area contributed by atoms with E-state index in [1.54, 1.807) is 0 Å². The summed E-state index contributed by atoms with van der Waals surface area (Å²) in [6, 6.07) is 7.74. The van der Waals surface area contributed by atoms with Crippen molar-refractivity contribution in [3.63, 3.8) is 0 Å². The lowest BCUT2D eigenvalue weighted by Crippen LogP contribution is -2.49. The zero-order chi connectivity index (χ0) is 14.6. The minimum absolute atomic E-state index is 0.0627. The van der Waals surface area contributed by atoms with Crippen molar-refractivity contribution in [3.8, 4) is 0 Å². The standard InChI is InChI=1S/C15H21ClN2O2/c1-15(2,11-4-3-5-12(16)8-11)10-18-14(19)13-9-17-6-7-20-13/h3-5,8,13,17H,6-7,9-10H2,1-2H3,(H,18,19). The van der Waals surface area contributed by atoms with Crippen LogP contribution in [0.15, 0.2) is 24.3 Å². The third-order valence-corrected chi connectivity index (χ3v) is 3.77. The van der Waals surface area contributed by atoms with Crippen LogP contribution < -0.4 is 10.6 Å². The zero-order valence-corrected chi connectivity index (χ0v) is 12.7. The number of hydrogen-bond acceptors (Lipinski definition) is 3. The van der Waals surface area contributed by atoms with Crippen LogP contribution in [0.1, 0.15) is 19.4 Å². The Labute approximate surface area is 124 Å². The van der Waals surface area contributed by atoms with Gasteiger partial charge in [-0.3, -0.25) is 4.79 Å². The van der Waals surface area contributed by atoms with Gasteiger partial charge in [0, 0.05) is 30.1 Å². The first-order valence-corrected chi connectivity index (χ1v) is 7.23. The van der Waals surface area contributed by atoms with E-state index in [0.29, 0.717) is 24.7 Å². The van der Waals surface area contributed by atoms with Crippen LogP contribution in [0.2, 0.25) is 5.02 Å². The molecule has 1 fully saturated rings. The van der Waals surface area contributed by atoms with Crippen molar-refractivity contribution in [1.82, 2.24) is 10.6 Å². The molecule has 1 aromatic rings. The molecule has 1 heterocycles. The van der Waals surface area contributed by atoms with Gasteiger partial charge in [-0.2, -0.15) is 0 Å². The minimum atomic E-state index is -0.390. The van der Waals surface area contributed by atoms with Gasteiger partial charge in [0.05, 0.1) is 6.61 Å². The van der Waals surface area contributed by atoms with E-state index in [-0.39, 0.29) is 17.4 Å². The number of amides is 1. The number of hydrogen-bond donors (Lipinski definition) is 2. The second kappa shape index (κ2) is 6.57. The summed E-state index contributed by atoms with van der Waals surface area (Å²) in [6.45, 7) is 6.67. The van der Waals surface area contributed by atoms with Crippen LogP contribution in [0.5, 0.6) is 0 Å². The first-order valence-electron chi connectivity index (χ1n) is 6.85. The van der Waals surface area contributed by atoms with Gasteiger partial charge in [-0.1, -0.05) is 37.6 Å². The van der Waals surface area contributed by atoms with Crippen molar-refractivity contribution < 1.29 is 9.53 Å². The van der Waals surface area contributed by atoms with Crippen LogP contribution in [-0.4, -0.2) is 38.3 Å². The van der Waals surface area contributed by atoms with Crippen molar-refractivity contribution in [2.45, 2.75) is 25.4 Å². The number of benzene rings is 1. The van der Waals surface area contributed by atoms with Gasteiger partial charge in [0.2, 0.25) is 5.91 Å². The average molecular weight is 297 g/mol. The SMILES string of the molecule is CC(C)(CNC(=O)C1CNCCO1)c1cccc(Cl)c1. The molecule has 4 nitrogen and oxygen atoms in total. The highest BCUT2D eigenvalue weighted by Crippen LogP contribution is 2.24. The van der Waals surface area contributed by atoms with E-state index < -0.39 is 0 Å².